The van der Waals surface area contributed by atoms with Crippen molar-refractivity contribution in [2.45, 2.75) is 32.9 Å². The molecule has 0 amide bonds. The normalized spacial score (nSPS) is 11.7. The number of hydrogen-bond acceptors (Lipinski definition) is 8. The van der Waals surface area contributed by atoms with Crippen LogP contribution in [0.25, 0.3) is 10.9 Å². The van der Waals surface area contributed by atoms with Crippen LogP contribution in [-0.4, -0.2) is 47.2 Å². The smallest absolute Gasteiger partial charge is 0.506 e. The molecule has 174 valence electrons. The Bertz CT molecular complexity index is 1120. The van der Waals surface area contributed by atoms with Gasteiger partial charge in [0.05, 0.1) is 25.1 Å². The third kappa shape index (κ3) is 6.56. The maximum atomic E-state index is 12.8. The van der Waals surface area contributed by atoms with Gasteiger partial charge in [-0.05, 0) is 31.5 Å². The summed E-state index contributed by atoms with van der Waals surface area (Å²) < 4.78 is 15.0. The monoisotopic (exact) mass is 454 g/mol. The van der Waals surface area contributed by atoms with E-state index in [0.29, 0.717) is 10.9 Å². The van der Waals surface area contributed by atoms with Crippen LogP contribution in [0.4, 0.5) is 4.79 Å². The zero-order valence-corrected chi connectivity index (χ0v) is 18.4. The van der Waals surface area contributed by atoms with E-state index in [1.807, 2.05) is 30.3 Å². The lowest BCUT2D eigenvalue weighted by molar-refractivity contribution is -0.145. The predicted octanol–water partition coefficient (Wildman–Crippen LogP) is 3.70. The number of aromatic amines is 1. The lowest BCUT2D eigenvalue weighted by atomic mass is 10.0. The molecular formula is C24H26N2O7. The highest BCUT2D eigenvalue weighted by Crippen LogP contribution is 2.31. The summed E-state index contributed by atoms with van der Waals surface area (Å²) in [5, 5.41) is 13.5. The summed E-state index contributed by atoms with van der Waals surface area (Å²) in [5.74, 6) is -0.680. The van der Waals surface area contributed by atoms with E-state index in [1.165, 1.54) is 18.2 Å². The van der Waals surface area contributed by atoms with E-state index in [2.05, 4.69) is 10.3 Å². The Morgan fingerprint density at radius 3 is 2.58 bits per heavy atom. The number of phenolic OH excluding ortho intramolecular Hbond substituents is 1. The quantitative estimate of drug-likeness (QED) is 0.313. The minimum atomic E-state index is -0.897. The number of ether oxygens (including phenoxy) is 3. The molecule has 9 nitrogen and oxygen atoms in total. The number of nitrogens with one attached hydrogen (secondary N) is 2. The number of phenols is 1. The van der Waals surface area contributed by atoms with Crippen molar-refractivity contribution in [3.8, 4) is 11.6 Å². The average Bonchev–Trinajstić information content (AvgIpc) is 3.21. The van der Waals surface area contributed by atoms with Crippen molar-refractivity contribution in [3.05, 3.63) is 59.7 Å². The maximum Gasteiger partial charge on any atom is 0.515 e. The fourth-order valence-corrected chi connectivity index (χ4v) is 3.20. The van der Waals surface area contributed by atoms with Crippen LogP contribution in [0.15, 0.2) is 48.5 Å². The molecule has 33 heavy (non-hydrogen) atoms. The summed E-state index contributed by atoms with van der Waals surface area (Å²) in [6.45, 7) is 3.74. The van der Waals surface area contributed by atoms with Gasteiger partial charge >= 0.3 is 12.1 Å². The molecule has 3 N–H and O–H groups in total. The Morgan fingerprint density at radius 2 is 1.85 bits per heavy atom. The number of hydrogen-bond donors (Lipinski definition) is 3. The van der Waals surface area contributed by atoms with Crippen LogP contribution in [0, 0.1) is 0 Å². The van der Waals surface area contributed by atoms with Gasteiger partial charge in [-0.2, -0.15) is 0 Å². The van der Waals surface area contributed by atoms with Crippen LogP contribution >= 0.6 is 0 Å². The first-order chi connectivity index (χ1) is 15.9. The summed E-state index contributed by atoms with van der Waals surface area (Å²) in [6, 6.07) is 13.4. The van der Waals surface area contributed by atoms with E-state index in [0.717, 1.165) is 5.56 Å². The number of fused-ring (bicyclic) bond motifs is 1. The molecule has 9 heteroatoms. The number of carbonyl (C=O) groups excluding carboxylic acids is 3. The fourth-order valence-electron chi connectivity index (χ4n) is 3.20. The number of ketones is 1. The summed E-state index contributed by atoms with van der Waals surface area (Å²) in [6.07, 6.45) is -0.793. The lowest BCUT2D eigenvalue weighted by Crippen LogP contribution is -2.33. The Kier molecular flexibility index (Phi) is 8.04. The van der Waals surface area contributed by atoms with Crippen LogP contribution in [0.3, 0.4) is 0 Å². The maximum absolute atomic E-state index is 12.8. The minimum Gasteiger partial charge on any atom is -0.506 e. The van der Waals surface area contributed by atoms with Gasteiger partial charge < -0.3 is 29.6 Å². The number of H-pyrrole nitrogens is 1. The molecule has 0 spiro atoms. The molecule has 1 atom stereocenters. The topological polar surface area (TPSA) is 127 Å². The second kappa shape index (κ2) is 11.1. The van der Waals surface area contributed by atoms with Gasteiger partial charge in [0, 0.05) is 23.1 Å². The molecular weight excluding hydrogens is 428 g/mol. The number of benzene rings is 2. The van der Waals surface area contributed by atoms with Gasteiger partial charge in [-0.1, -0.05) is 30.3 Å². The molecule has 1 aromatic heterocycles. The van der Waals surface area contributed by atoms with Gasteiger partial charge in [0.15, 0.2) is 5.78 Å². The Labute approximate surface area is 190 Å². The molecule has 0 bridgehead atoms. The number of esters is 1. The Morgan fingerprint density at radius 1 is 1.09 bits per heavy atom. The first-order valence-corrected chi connectivity index (χ1v) is 10.5. The van der Waals surface area contributed by atoms with Gasteiger partial charge in [-0.25, -0.2) is 4.79 Å². The number of carbonyl (C=O) groups is 3. The van der Waals surface area contributed by atoms with Gasteiger partial charge in [0.25, 0.3) is 0 Å². The van der Waals surface area contributed by atoms with E-state index in [-0.39, 0.29) is 61.1 Å². The zero-order chi connectivity index (χ0) is 23.8. The molecule has 1 unspecified atom stereocenters. The highest BCUT2D eigenvalue weighted by molar-refractivity contribution is 6.10. The molecule has 2 aromatic carbocycles. The molecule has 0 saturated carbocycles. The van der Waals surface area contributed by atoms with Crippen LogP contribution in [0.2, 0.25) is 0 Å². The lowest BCUT2D eigenvalue weighted by Gasteiger charge is -2.13. The van der Waals surface area contributed by atoms with E-state index in [1.54, 1.807) is 13.8 Å². The zero-order valence-electron chi connectivity index (χ0n) is 18.4. The molecule has 0 aliphatic rings. The van der Waals surface area contributed by atoms with Crippen molar-refractivity contribution >= 4 is 28.8 Å². The van der Waals surface area contributed by atoms with Crippen molar-refractivity contribution in [2.24, 2.45) is 0 Å². The van der Waals surface area contributed by atoms with Gasteiger partial charge in [-0.3, -0.25) is 9.59 Å². The summed E-state index contributed by atoms with van der Waals surface area (Å²) in [7, 11) is 0. The summed E-state index contributed by atoms with van der Waals surface area (Å²) in [4.78, 5) is 39.2. The first-order valence-electron chi connectivity index (χ1n) is 10.5. The Balaban J connectivity index is 1.57. The van der Waals surface area contributed by atoms with E-state index in [9.17, 15) is 19.5 Å². The van der Waals surface area contributed by atoms with Gasteiger partial charge in [0.2, 0.25) is 5.88 Å². The third-order valence-electron chi connectivity index (χ3n) is 4.83. The molecule has 3 rings (SSSR count). The molecule has 1 heterocycles. The van der Waals surface area contributed by atoms with Crippen molar-refractivity contribution in [2.75, 3.05) is 13.2 Å². The molecule has 0 saturated heterocycles. The molecule has 0 aliphatic heterocycles. The van der Waals surface area contributed by atoms with Crippen LogP contribution < -0.4 is 10.1 Å². The second-order valence-electron chi connectivity index (χ2n) is 7.40. The third-order valence-corrected chi connectivity index (χ3v) is 4.83. The second-order valence-corrected chi connectivity index (χ2v) is 7.40. The van der Waals surface area contributed by atoms with Crippen LogP contribution in [0.5, 0.6) is 11.6 Å². The van der Waals surface area contributed by atoms with Crippen molar-refractivity contribution in [1.82, 2.24) is 10.3 Å². The molecule has 3 aromatic rings. The number of aromatic nitrogens is 1. The number of rotatable bonds is 10. The fraction of sp³-hybridized carbons (Fsp3) is 0.292. The van der Waals surface area contributed by atoms with Crippen LogP contribution in [-0.2, 0) is 20.9 Å². The number of aromatic hydroxyl groups is 1. The minimum absolute atomic E-state index is 0.0355. The summed E-state index contributed by atoms with van der Waals surface area (Å²) >= 11 is 0. The highest BCUT2D eigenvalue weighted by atomic mass is 16.7. The molecule has 0 radical (unpaired) electrons. The largest absolute Gasteiger partial charge is 0.515 e. The summed E-state index contributed by atoms with van der Waals surface area (Å²) in [5.41, 5.74) is 1.48. The molecule has 0 aliphatic carbocycles. The first kappa shape index (κ1) is 23.8. The average molecular weight is 454 g/mol. The molecule has 0 fully saturated rings. The van der Waals surface area contributed by atoms with E-state index < -0.39 is 6.16 Å². The van der Waals surface area contributed by atoms with Crippen LogP contribution in [0.1, 0.15) is 36.2 Å². The van der Waals surface area contributed by atoms with Crippen molar-refractivity contribution < 1.29 is 33.7 Å². The van der Waals surface area contributed by atoms with E-state index >= 15 is 0 Å². The SMILES string of the molecule is CCOC(=O)Oc1cc2c(C(=O)CNC(C)CC(=O)OCc3ccccc3)ccc(O)c2[nH]1. The van der Waals surface area contributed by atoms with Crippen molar-refractivity contribution in [3.63, 3.8) is 0 Å². The number of Topliss-reactive ketones (excluding diaryl/α,β-unsaturated/α-hetero) is 1. The van der Waals surface area contributed by atoms with Gasteiger partial charge in [0.1, 0.15) is 12.4 Å². The standard InChI is InChI=1S/C24H26N2O7/c1-3-31-24(30)33-21-12-18-17(9-10-19(27)23(18)26-21)20(28)13-25-15(2)11-22(29)32-14-16-7-5-4-6-8-16/h4-10,12,15,25-27H,3,11,13-14H2,1-2H3. The van der Waals surface area contributed by atoms with Gasteiger partial charge in [-0.15, -0.1) is 0 Å². The highest BCUT2D eigenvalue weighted by Gasteiger charge is 2.18. The Hall–Kier alpha value is -3.85. The predicted molar refractivity (Wildman–Crippen MR) is 120 cm³/mol. The van der Waals surface area contributed by atoms with Crippen molar-refractivity contribution in [1.29, 1.82) is 0 Å². The van der Waals surface area contributed by atoms with E-state index in [4.69, 9.17) is 14.2 Å².